The van der Waals surface area contributed by atoms with Gasteiger partial charge in [0.25, 0.3) is 11.5 Å². The minimum Gasteiger partial charge on any atom is -0.493 e. The third-order valence-corrected chi connectivity index (χ3v) is 5.22. The van der Waals surface area contributed by atoms with E-state index >= 15 is 0 Å². The molecule has 0 atom stereocenters. The van der Waals surface area contributed by atoms with Gasteiger partial charge in [-0.15, -0.1) is 0 Å². The zero-order chi connectivity index (χ0) is 22.5. The molecule has 7 nitrogen and oxygen atoms in total. The van der Waals surface area contributed by atoms with Gasteiger partial charge in [-0.05, 0) is 60.5 Å². The molecule has 3 aromatic carbocycles. The number of amides is 1. The van der Waals surface area contributed by atoms with Crippen molar-refractivity contribution in [2.24, 2.45) is 0 Å². The van der Waals surface area contributed by atoms with Crippen LogP contribution < -0.4 is 20.3 Å². The van der Waals surface area contributed by atoms with Crippen molar-refractivity contribution in [3.63, 3.8) is 0 Å². The van der Waals surface area contributed by atoms with Gasteiger partial charge in [0.1, 0.15) is 6.33 Å². The van der Waals surface area contributed by atoms with E-state index < -0.39 is 0 Å². The Labute approximate surface area is 185 Å². The molecule has 0 aliphatic carbocycles. The molecular weight excluding hydrogens is 406 g/mol. The number of hydrogen-bond donors (Lipinski definition) is 1. The van der Waals surface area contributed by atoms with Crippen molar-refractivity contribution in [3.8, 4) is 17.2 Å². The molecule has 162 valence electrons. The first-order valence-corrected chi connectivity index (χ1v) is 10.2. The first-order valence-electron chi connectivity index (χ1n) is 10.2. The second-order valence-corrected chi connectivity index (χ2v) is 7.18. The third kappa shape index (κ3) is 4.32. The fourth-order valence-corrected chi connectivity index (χ4v) is 3.49. The number of hydrogen-bond acceptors (Lipinski definition) is 5. The smallest absolute Gasteiger partial charge is 0.265 e. The molecule has 0 fully saturated rings. The molecule has 32 heavy (non-hydrogen) atoms. The Morgan fingerprint density at radius 1 is 0.969 bits per heavy atom. The first-order chi connectivity index (χ1) is 15.6. The average Bonchev–Trinajstić information content (AvgIpc) is 2.84. The summed E-state index contributed by atoms with van der Waals surface area (Å²) in [5.74, 6) is 1.15. The van der Waals surface area contributed by atoms with E-state index in [1.807, 2.05) is 30.3 Å². The number of nitrogens with zero attached hydrogens (tertiary/aromatic N) is 2. The fraction of sp³-hybridized carbons (Fsp3) is 0.160. The number of ether oxygens (including phenoxy) is 2. The van der Waals surface area contributed by atoms with Gasteiger partial charge in [0.2, 0.25) is 0 Å². The largest absolute Gasteiger partial charge is 0.493 e. The number of carbonyl (C=O) groups is 1. The summed E-state index contributed by atoms with van der Waals surface area (Å²) in [6, 6.07) is 19.8. The highest BCUT2D eigenvalue weighted by molar-refractivity contribution is 5.94. The molecule has 7 heteroatoms. The molecule has 0 spiro atoms. The lowest BCUT2D eigenvalue weighted by Crippen LogP contribution is -2.25. The molecule has 0 aliphatic heterocycles. The van der Waals surface area contributed by atoms with E-state index in [0.29, 0.717) is 46.6 Å². The maximum atomic E-state index is 12.7. The SMILES string of the molecule is COc1ccc(CCNC(=O)c2ccc(-n3cnc4ccccc4c3=O)cc2)cc1OC. The number of carbonyl (C=O) groups excluding carboxylic acids is 1. The molecule has 0 radical (unpaired) electrons. The highest BCUT2D eigenvalue weighted by Crippen LogP contribution is 2.27. The van der Waals surface area contributed by atoms with Crippen LogP contribution in [0.4, 0.5) is 0 Å². The van der Waals surface area contributed by atoms with Crippen LogP contribution in [0, 0.1) is 0 Å². The maximum Gasteiger partial charge on any atom is 0.265 e. The van der Waals surface area contributed by atoms with Crippen LogP contribution in [0.1, 0.15) is 15.9 Å². The van der Waals surface area contributed by atoms with Crippen molar-refractivity contribution >= 4 is 16.8 Å². The van der Waals surface area contributed by atoms with Crippen LogP contribution >= 0.6 is 0 Å². The van der Waals surface area contributed by atoms with Crippen LogP contribution in [0.15, 0.2) is 77.9 Å². The van der Waals surface area contributed by atoms with Gasteiger partial charge in [0.05, 0.1) is 30.8 Å². The summed E-state index contributed by atoms with van der Waals surface area (Å²) >= 11 is 0. The molecule has 4 rings (SSSR count). The molecular formula is C25H23N3O4. The summed E-state index contributed by atoms with van der Waals surface area (Å²) in [6.45, 7) is 0.476. The monoisotopic (exact) mass is 429 g/mol. The van der Waals surface area contributed by atoms with Crippen molar-refractivity contribution in [1.29, 1.82) is 0 Å². The van der Waals surface area contributed by atoms with Crippen molar-refractivity contribution in [2.75, 3.05) is 20.8 Å². The Balaban J connectivity index is 1.42. The second kappa shape index (κ2) is 9.34. The Morgan fingerprint density at radius 2 is 1.72 bits per heavy atom. The third-order valence-electron chi connectivity index (χ3n) is 5.22. The predicted octanol–water partition coefficient (Wildman–Crippen LogP) is 3.38. The lowest BCUT2D eigenvalue weighted by Gasteiger charge is -2.10. The van der Waals surface area contributed by atoms with E-state index in [2.05, 4.69) is 10.3 Å². The lowest BCUT2D eigenvalue weighted by atomic mass is 10.1. The Kier molecular flexibility index (Phi) is 6.17. The Hall–Kier alpha value is -4.13. The van der Waals surface area contributed by atoms with Gasteiger partial charge in [-0.3, -0.25) is 14.2 Å². The summed E-state index contributed by atoms with van der Waals surface area (Å²) in [6.07, 6.45) is 2.16. The van der Waals surface area contributed by atoms with Crippen LogP contribution in [0.2, 0.25) is 0 Å². The first kappa shape index (κ1) is 21.1. The molecule has 0 bridgehead atoms. The van der Waals surface area contributed by atoms with Gasteiger partial charge < -0.3 is 14.8 Å². The van der Waals surface area contributed by atoms with E-state index in [1.54, 1.807) is 50.6 Å². The maximum absolute atomic E-state index is 12.7. The van der Waals surface area contributed by atoms with Crippen LogP contribution in [-0.2, 0) is 6.42 Å². The number of aromatic nitrogens is 2. The summed E-state index contributed by atoms with van der Waals surface area (Å²) in [7, 11) is 3.19. The molecule has 0 aliphatic rings. The topological polar surface area (TPSA) is 82.5 Å². The number of benzene rings is 3. The minimum absolute atomic E-state index is 0.150. The Bertz CT molecular complexity index is 1310. The van der Waals surface area contributed by atoms with Gasteiger partial charge in [0.15, 0.2) is 11.5 Å². The highest BCUT2D eigenvalue weighted by atomic mass is 16.5. The van der Waals surface area contributed by atoms with Gasteiger partial charge >= 0.3 is 0 Å². The highest BCUT2D eigenvalue weighted by Gasteiger charge is 2.09. The summed E-state index contributed by atoms with van der Waals surface area (Å²) < 4.78 is 12.0. The quantitative estimate of drug-likeness (QED) is 0.487. The fourth-order valence-electron chi connectivity index (χ4n) is 3.49. The Morgan fingerprint density at radius 3 is 2.47 bits per heavy atom. The number of rotatable bonds is 7. The molecule has 4 aromatic rings. The molecule has 1 amide bonds. The van der Waals surface area contributed by atoms with Gasteiger partial charge in [0, 0.05) is 12.1 Å². The summed E-state index contributed by atoms with van der Waals surface area (Å²) in [5, 5.41) is 3.46. The van der Waals surface area contributed by atoms with Crippen molar-refractivity contribution in [3.05, 3.63) is 94.5 Å². The normalized spacial score (nSPS) is 10.7. The van der Waals surface area contributed by atoms with Crippen molar-refractivity contribution in [2.45, 2.75) is 6.42 Å². The predicted molar refractivity (Wildman–Crippen MR) is 123 cm³/mol. The summed E-state index contributed by atoms with van der Waals surface area (Å²) in [4.78, 5) is 29.6. The van der Waals surface area contributed by atoms with E-state index in [1.165, 1.54) is 10.9 Å². The van der Waals surface area contributed by atoms with E-state index in [4.69, 9.17) is 9.47 Å². The van der Waals surface area contributed by atoms with Crippen LogP contribution in [-0.4, -0.2) is 36.2 Å². The van der Waals surface area contributed by atoms with Crippen molar-refractivity contribution in [1.82, 2.24) is 14.9 Å². The standard InChI is InChI=1S/C25H23N3O4/c1-31-22-12-7-17(15-23(22)32-2)13-14-26-24(29)18-8-10-19(11-9-18)28-16-27-21-6-4-3-5-20(21)25(28)30/h3-12,15-16H,13-14H2,1-2H3,(H,26,29). The van der Waals surface area contributed by atoms with E-state index in [-0.39, 0.29) is 11.5 Å². The lowest BCUT2D eigenvalue weighted by molar-refractivity contribution is 0.0954. The van der Waals surface area contributed by atoms with Gasteiger partial charge in [-0.2, -0.15) is 0 Å². The molecule has 0 saturated carbocycles. The minimum atomic E-state index is -0.180. The molecule has 0 saturated heterocycles. The van der Waals surface area contributed by atoms with Crippen LogP contribution in [0.5, 0.6) is 11.5 Å². The molecule has 1 heterocycles. The van der Waals surface area contributed by atoms with Crippen LogP contribution in [0.3, 0.4) is 0 Å². The summed E-state index contributed by atoms with van der Waals surface area (Å²) in [5.41, 5.74) is 2.70. The van der Waals surface area contributed by atoms with E-state index in [9.17, 15) is 9.59 Å². The number of methoxy groups -OCH3 is 2. The molecule has 1 aromatic heterocycles. The van der Waals surface area contributed by atoms with Gasteiger partial charge in [-0.25, -0.2) is 4.98 Å². The van der Waals surface area contributed by atoms with E-state index in [0.717, 1.165) is 5.56 Å². The number of nitrogens with one attached hydrogen (secondary N) is 1. The van der Waals surface area contributed by atoms with Crippen LogP contribution in [0.25, 0.3) is 16.6 Å². The number of fused-ring (bicyclic) bond motifs is 1. The zero-order valence-electron chi connectivity index (χ0n) is 17.9. The average molecular weight is 429 g/mol. The zero-order valence-corrected chi connectivity index (χ0v) is 17.9. The molecule has 1 N–H and O–H groups in total. The van der Waals surface area contributed by atoms with Gasteiger partial charge in [-0.1, -0.05) is 18.2 Å². The molecule has 0 unspecified atom stereocenters. The second-order valence-electron chi connectivity index (χ2n) is 7.18. The number of para-hydroxylation sites is 1. The van der Waals surface area contributed by atoms with Crippen molar-refractivity contribution < 1.29 is 14.3 Å².